The van der Waals surface area contributed by atoms with E-state index in [1.165, 1.54) is 28.6 Å². The van der Waals surface area contributed by atoms with Crippen molar-refractivity contribution in [2.75, 3.05) is 11.2 Å². The van der Waals surface area contributed by atoms with Crippen LogP contribution in [-0.2, 0) is 4.79 Å². The van der Waals surface area contributed by atoms with Crippen molar-refractivity contribution in [2.24, 2.45) is 0 Å². The topological polar surface area (TPSA) is 85.8 Å². The number of thioether (sulfide) groups is 1. The SMILES string of the molecule is CC(Sc1nnc(-c2ccc(F)cc2)n1N)C(=O)Nc1cccc(Cl)c1. The summed E-state index contributed by atoms with van der Waals surface area (Å²) in [6.45, 7) is 1.73. The van der Waals surface area contributed by atoms with Gasteiger partial charge in [0, 0.05) is 16.3 Å². The first kappa shape index (κ1) is 18.2. The third kappa shape index (κ3) is 4.14. The second-order valence-electron chi connectivity index (χ2n) is 5.44. The summed E-state index contributed by atoms with van der Waals surface area (Å²) in [5.74, 6) is 5.84. The summed E-state index contributed by atoms with van der Waals surface area (Å²) in [5, 5.41) is 11.3. The van der Waals surface area contributed by atoms with Crippen LogP contribution in [0.2, 0.25) is 5.02 Å². The van der Waals surface area contributed by atoms with Gasteiger partial charge in [0.15, 0.2) is 5.82 Å². The maximum absolute atomic E-state index is 13.0. The van der Waals surface area contributed by atoms with Crippen LogP contribution in [0.4, 0.5) is 10.1 Å². The zero-order valence-electron chi connectivity index (χ0n) is 13.7. The van der Waals surface area contributed by atoms with Crippen LogP contribution in [0.1, 0.15) is 6.92 Å². The number of hydrogen-bond acceptors (Lipinski definition) is 5. The molecule has 0 bridgehead atoms. The van der Waals surface area contributed by atoms with E-state index >= 15 is 0 Å². The van der Waals surface area contributed by atoms with Gasteiger partial charge in [-0.25, -0.2) is 9.07 Å². The molecule has 1 amide bonds. The monoisotopic (exact) mass is 391 g/mol. The number of amides is 1. The number of halogens is 2. The van der Waals surface area contributed by atoms with Crippen LogP contribution in [0, 0.1) is 5.82 Å². The van der Waals surface area contributed by atoms with Gasteiger partial charge in [0.05, 0.1) is 5.25 Å². The fourth-order valence-corrected chi connectivity index (χ4v) is 3.14. The van der Waals surface area contributed by atoms with Gasteiger partial charge in [0.1, 0.15) is 5.82 Å². The number of carbonyl (C=O) groups excluding carboxylic acids is 1. The number of carbonyl (C=O) groups is 1. The first-order valence-corrected chi connectivity index (χ1v) is 8.89. The van der Waals surface area contributed by atoms with Gasteiger partial charge in [0.25, 0.3) is 0 Å². The lowest BCUT2D eigenvalue weighted by Crippen LogP contribution is -2.23. The average Bonchev–Trinajstić information content (AvgIpc) is 2.96. The summed E-state index contributed by atoms with van der Waals surface area (Å²) in [7, 11) is 0. The number of hydrogen-bond donors (Lipinski definition) is 2. The molecule has 1 heterocycles. The molecular weight excluding hydrogens is 377 g/mol. The molecule has 1 aromatic heterocycles. The van der Waals surface area contributed by atoms with Gasteiger partial charge in [0.2, 0.25) is 11.1 Å². The summed E-state index contributed by atoms with van der Waals surface area (Å²) in [6.07, 6.45) is 0. The zero-order valence-corrected chi connectivity index (χ0v) is 15.3. The Morgan fingerprint density at radius 1 is 1.27 bits per heavy atom. The number of aromatic nitrogens is 3. The minimum atomic E-state index is -0.471. The Bertz CT molecular complexity index is 931. The van der Waals surface area contributed by atoms with E-state index in [9.17, 15) is 9.18 Å². The Morgan fingerprint density at radius 3 is 2.69 bits per heavy atom. The predicted molar refractivity (Wildman–Crippen MR) is 101 cm³/mol. The first-order chi connectivity index (χ1) is 12.4. The average molecular weight is 392 g/mol. The molecular formula is C17H15ClFN5OS. The molecule has 0 spiro atoms. The van der Waals surface area contributed by atoms with E-state index in [0.29, 0.717) is 27.3 Å². The van der Waals surface area contributed by atoms with E-state index in [4.69, 9.17) is 17.4 Å². The largest absolute Gasteiger partial charge is 0.335 e. The lowest BCUT2D eigenvalue weighted by molar-refractivity contribution is -0.115. The van der Waals surface area contributed by atoms with Crippen molar-refractivity contribution in [3.8, 4) is 11.4 Å². The Labute approximate surface area is 158 Å². The lowest BCUT2D eigenvalue weighted by Gasteiger charge is -2.11. The summed E-state index contributed by atoms with van der Waals surface area (Å²) in [6, 6.07) is 12.6. The van der Waals surface area contributed by atoms with Crippen molar-refractivity contribution in [1.82, 2.24) is 14.9 Å². The molecule has 0 aliphatic carbocycles. The number of nitrogen functional groups attached to an aromatic ring is 1. The van der Waals surface area contributed by atoms with Gasteiger partial charge in [-0.1, -0.05) is 29.4 Å². The Kier molecular flexibility index (Phi) is 5.43. The maximum atomic E-state index is 13.0. The number of benzene rings is 2. The molecule has 6 nitrogen and oxygen atoms in total. The number of nitrogens with zero attached hydrogens (tertiary/aromatic N) is 3. The summed E-state index contributed by atoms with van der Waals surface area (Å²) >= 11 is 7.08. The number of anilines is 1. The maximum Gasteiger partial charge on any atom is 0.237 e. The third-order valence-corrected chi connectivity index (χ3v) is 4.80. The van der Waals surface area contributed by atoms with Crippen LogP contribution >= 0.6 is 23.4 Å². The van der Waals surface area contributed by atoms with Gasteiger partial charge in [-0.2, -0.15) is 0 Å². The van der Waals surface area contributed by atoms with Crippen LogP contribution in [0.3, 0.4) is 0 Å². The minimum absolute atomic E-state index is 0.219. The van der Waals surface area contributed by atoms with Crippen molar-refractivity contribution in [2.45, 2.75) is 17.3 Å². The van der Waals surface area contributed by atoms with E-state index in [-0.39, 0.29) is 11.7 Å². The highest BCUT2D eigenvalue weighted by Gasteiger charge is 2.20. The highest BCUT2D eigenvalue weighted by atomic mass is 35.5. The fraction of sp³-hybridized carbons (Fsp3) is 0.118. The van der Waals surface area contributed by atoms with E-state index in [1.54, 1.807) is 43.3 Å². The molecule has 0 aliphatic heterocycles. The van der Waals surface area contributed by atoms with Crippen LogP contribution < -0.4 is 11.2 Å². The second-order valence-corrected chi connectivity index (χ2v) is 7.19. The Balaban J connectivity index is 1.70. The molecule has 2 aromatic carbocycles. The molecule has 9 heteroatoms. The molecule has 134 valence electrons. The van der Waals surface area contributed by atoms with Crippen molar-refractivity contribution in [3.05, 3.63) is 59.4 Å². The second kappa shape index (κ2) is 7.76. The first-order valence-electron chi connectivity index (χ1n) is 7.63. The van der Waals surface area contributed by atoms with Gasteiger partial charge in [-0.05, 0) is 49.4 Å². The molecule has 0 saturated carbocycles. The zero-order chi connectivity index (χ0) is 18.7. The van der Waals surface area contributed by atoms with E-state index in [2.05, 4.69) is 15.5 Å². The van der Waals surface area contributed by atoms with Gasteiger partial charge in [-0.3, -0.25) is 4.79 Å². The summed E-state index contributed by atoms with van der Waals surface area (Å²) < 4.78 is 14.3. The van der Waals surface area contributed by atoms with Crippen molar-refractivity contribution >= 4 is 35.0 Å². The quantitative estimate of drug-likeness (QED) is 0.513. The molecule has 3 N–H and O–H groups in total. The van der Waals surface area contributed by atoms with Gasteiger partial charge < -0.3 is 11.2 Å². The molecule has 0 saturated heterocycles. The number of nitrogens with two attached hydrogens (primary N) is 1. The molecule has 0 radical (unpaired) electrons. The smallest absolute Gasteiger partial charge is 0.237 e. The van der Waals surface area contributed by atoms with E-state index < -0.39 is 5.25 Å². The molecule has 0 aliphatic rings. The van der Waals surface area contributed by atoms with Crippen LogP contribution in [0.25, 0.3) is 11.4 Å². The Hall–Kier alpha value is -2.58. The van der Waals surface area contributed by atoms with Crippen LogP contribution in [-0.4, -0.2) is 26.0 Å². The molecule has 1 unspecified atom stereocenters. The van der Waals surface area contributed by atoms with Gasteiger partial charge in [-0.15, -0.1) is 10.2 Å². The van der Waals surface area contributed by atoms with E-state index in [1.807, 2.05) is 0 Å². The Morgan fingerprint density at radius 2 is 2.00 bits per heavy atom. The van der Waals surface area contributed by atoms with E-state index in [0.717, 1.165) is 0 Å². The fourth-order valence-electron chi connectivity index (χ4n) is 2.17. The predicted octanol–water partition coefficient (Wildman–Crippen LogP) is 3.57. The van der Waals surface area contributed by atoms with Crippen LogP contribution in [0.5, 0.6) is 0 Å². The molecule has 3 aromatic rings. The van der Waals surface area contributed by atoms with Crippen LogP contribution in [0.15, 0.2) is 53.7 Å². The molecule has 1 atom stereocenters. The molecule has 3 rings (SSSR count). The van der Waals surface area contributed by atoms with Crippen molar-refractivity contribution < 1.29 is 9.18 Å². The highest BCUT2D eigenvalue weighted by Crippen LogP contribution is 2.26. The summed E-state index contributed by atoms with van der Waals surface area (Å²) in [4.78, 5) is 12.3. The number of nitrogens with one attached hydrogen (secondary N) is 1. The molecule has 26 heavy (non-hydrogen) atoms. The van der Waals surface area contributed by atoms with Crippen molar-refractivity contribution in [1.29, 1.82) is 0 Å². The number of rotatable bonds is 5. The minimum Gasteiger partial charge on any atom is -0.335 e. The summed E-state index contributed by atoms with van der Waals surface area (Å²) in [5.41, 5.74) is 1.24. The molecule has 0 fully saturated rings. The lowest BCUT2D eigenvalue weighted by atomic mass is 10.2. The van der Waals surface area contributed by atoms with Gasteiger partial charge >= 0.3 is 0 Å². The normalized spacial score (nSPS) is 12.0. The highest BCUT2D eigenvalue weighted by molar-refractivity contribution is 8.00. The van der Waals surface area contributed by atoms with Crippen molar-refractivity contribution in [3.63, 3.8) is 0 Å². The third-order valence-electron chi connectivity index (χ3n) is 3.51. The standard InChI is InChI=1S/C17H15ClFN5OS/c1-10(16(25)21-14-4-2-3-12(18)9-14)26-17-23-22-15(24(17)20)11-5-7-13(19)8-6-11/h2-10H,20H2,1H3,(H,21,25).